The van der Waals surface area contributed by atoms with E-state index in [1.54, 1.807) is 19.1 Å². The molecule has 0 spiro atoms. The van der Waals surface area contributed by atoms with Crippen molar-refractivity contribution in [3.8, 4) is 0 Å². The predicted molar refractivity (Wildman–Crippen MR) is 60.7 cm³/mol. The third kappa shape index (κ3) is 6.51. The standard InChI is InChI=1S/C10H16O6Si/c1-5-6-7-17(14-8(2)11,15-9(3)12)16-10(4)13/h5-6H,7H2,1-4H3/b6-5+. The zero-order valence-corrected chi connectivity index (χ0v) is 11.3. The Balaban J connectivity index is 5.08. The van der Waals surface area contributed by atoms with Crippen LogP contribution in [0.15, 0.2) is 12.2 Å². The van der Waals surface area contributed by atoms with E-state index in [0.717, 1.165) is 20.8 Å². The summed E-state index contributed by atoms with van der Waals surface area (Å²) in [7, 11) is -3.64. The summed E-state index contributed by atoms with van der Waals surface area (Å²) in [5.74, 6) is -1.99. The van der Waals surface area contributed by atoms with E-state index >= 15 is 0 Å². The molecule has 0 amide bonds. The first-order valence-corrected chi connectivity index (χ1v) is 6.94. The van der Waals surface area contributed by atoms with E-state index in [9.17, 15) is 14.4 Å². The van der Waals surface area contributed by atoms with Gasteiger partial charge in [-0.3, -0.25) is 14.4 Å². The van der Waals surface area contributed by atoms with Crippen LogP contribution in [0.2, 0.25) is 6.04 Å². The van der Waals surface area contributed by atoms with Crippen LogP contribution in [0.25, 0.3) is 0 Å². The Bertz CT molecular complexity index is 295. The fraction of sp³-hybridized carbons (Fsp3) is 0.500. The second kappa shape index (κ2) is 6.84. The number of hydrogen-bond acceptors (Lipinski definition) is 6. The fourth-order valence-electron chi connectivity index (χ4n) is 1.11. The van der Waals surface area contributed by atoms with Crippen molar-refractivity contribution in [3.63, 3.8) is 0 Å². The van der Waals surface area contributed by atoms with Gasteiger partial charge in [0, 0.05) is 20.8 Å². The maximum absolute atomic E-state index is 11.0. The maximum atomic E-state index is 11.0. The van der Waals surface area contributed by atoms with Crippen molar-refractivity contribution in [3.05, 3.63) is 12.2 Å². The Morgan fingerprint density at radius 3 is 1.53 bits per heavy atom. The Morgan fingerprint density at radius 1 is 0.941 bits per heavy atom. The molecule has 0 unspecified atom stereocenters. The average molecular weight is 260 g/mol. The third-order valence-corrected chi connectivity index (χ3v) is 4.03. The maximum Gasteiger partial charge on any atom is 0.709 e. The second-order valence-corrected chi connectivity index (χ2v) is 5.62. The summed E-state index contributed by atoms with van der Waals surface area (Å²) in [4.78, 5) is 33.0. The molecule has 0 heterocycles. The molecular formula is C10H16O6Si. The van der Waals surface area contributed by atoms with Crippen molar-refractivity contribution in [2.45, 2.75) is 33.7 Å². The Hall–Kier alpha value is -1.63. The van der Waals surface area contributed by atoms with Crippen LogP contribution in [0, 0.1) is 0 Å². The topological polar surface area (TPSA) is 78.9 Å². The molecule has 0 atom stereocenters. The van der Waals surface area contributed by atoms with E-state index in [4.69, 9.17) is 13.3 Å². The highest BCUT2D eigenvalue weighted by atomic mass is 28.4. The molecule has 0 aliphatic heterocycles. The molecule has 0 fully saturated rings. The molecular weight excluding hydrogens is 244 g/mol. The fourth-order valence-corrected chi connectivity index (χ4v) is 3.32. The van der Waals surface area contributed by atoms with Crippen LogP contribution in [-0.4, -0.2) is 26.7 Å². The van der Waals surface area contributed by atoms with E-state index < -0.39 is 26.7 Å². The highest BCUT2D eigenvalue weighted by Crippen LogP contribution is 2.17. The summed E-state index contributed by atoms with van der Waals surface area (Å²) in [5, 5.41) is 0. The molecule has 0 rings (SSSR count). The predicted octanol–water partition coefficient (Wildman–Crippen LogP) is 1.19. The van der Waals surface area contributed by atoms with Crippen LogP contribution in [0.3, 0.4) is 0 Å². The van der Waals surface area contributed by atoms with Crippen molar-refractivity contribution in [1.82, 2.24) is 0 Å². The number of hydrogen-bond donors (Lipinski definition) is 0. The van der Waals surface area contributed by atoms with Crippen LogP contribution < -0.4 is 0 Å². The van der Waals surface area contributed by atoms with E-state index in [2.05, 4.69) is 0 Å². The lowest BCUT2D eigenvalue weighted by Crippen LogP contribution is -2.48. The second-order valence-electron chi connectivity index (χ2n) is 3.24. The van der Waals surface area contributed by atoms with E-state index in [1.807, 2.05) is 0 Å². The molecule has 0 aromatic carbocycles. The largest absolute Gasteiger partial charge is 0.709 e. The van der Waals surface area contributed by atoms with Crippen LogP contribution >= 0.6 is 0 Å². The molecule has 0 saturated heterocycles. The summed E-state index contributed by atoms with van der Waals surface area (Å²) >= 11 is 0. The Morgan fingerprint density at radius 2 is 1.29 bits per heavy atom. The first-order valence-electron chi connectivity index (χ1n) is 5.01. The van der Waals surface area contributed by atoms with Crippen molar-refractivity contribution in [1.29, 1.82) is 0 Å². The summed E-state index contributed by atoms with van der Waals surface area (Å²) in [6.45, 7) is 5.22. The normalized spacial score (nSPS) is 11.1. The number of carbonyl (C=O) groups excluding carboxylic acids is 3. The van der Waals surface area contributed by atoms with Gasteiger partial charge in [-0.15, -0.1) is 0 Å². The number of carbonyl (C=O) groups is 3. The van der Waals surface area contributed by atoms with Crippen LogP contribution in [0.5, 0.6) is 0 Å². The van der Waals surface area contributed by atoms with Gasteiger partial charge in [-0.2, -0.15) is 0 Å². The summed E-state index contributed by atoms with van der Waals surface area (Å²) < 4.78 is 14.8. The molecule has 6 nitrogen and oxygen atoms in total. The number of rotatable bonds is 5. The first kappa shape index (κ1) is 15.4. The van der Waals surface area contributed by atoms with Gasteiger partial charge in [-0.25, -0.2) is 0 Å². The number of allylic oxidation sites excluding steroid dienone is 2. The lowest BCUT2D eigenvalue weighted by atomic mass is 10.6. The summed E-state index contributed by atoms with van der Waals surface area (Å²) in [6.07, 6.45) is 3.29. The van der Waals surface area contributed by atoms with Gasteiger partial charge >= 0.3 is 8.80 Å². The molecule has 96 valence electrons. The van der Waals surface area contributed by atoms with Gasteiger partial charge in [-0.1, -0.05) is 12.2 Å². The highest BCUT2D eigenvalue weighted by molar-refractivity contribution is 6.66. The minimum Gasteiger partial charge on any atom is -0.455 e. The van der Waals surface area contributed by atoms with Gasteiger partial charge in [0.05, 0.1) is 6.04 Å². The first-order chi connectivity index (χ1) is 7.81. The molecule has 17 heavy (non-hydrogen) atoms. The van der Waals surface area contributed by atoms with E-state index in [1.165, 1.54) is 0 Å². The molecule has 0 aliphatic carbocycles. The van der Waals surface area contributed by atoms with Gasteiger partial charge in [0.15, 0.2) is 0 Å². The van der Waals surface area contributed by atoms with Crippen molar-refractivity contribution < 1.29 is 27.7 Å². The Labute approximate surface area is 101 Å². The molecule has 0 aromatic heterocycles. The van der Waals surface area contributed by atoms with E-state index in [0.29, 0.717) is 0 Å². The molecule has 0 aromatic rings. The van der Waals surface area contributed by atoms with Gasteiger partial charge in [-0.05, 0) is 6.92 Å². The molecule has 0 bridgehead atoms. The molecule has 0 saturated carbocycles. The zero-order chi connectivity index (χ0) is 13.5. The van der Waals surface area contributed by atoms with Crippen molar-refractivity contribution in [2.24, 2.45) is 0 Å². The van der Waals surface area contributed by atoms with E-state index in [-0.39, 0.29) is 6.04 Å². The van der Waals surface area contributed by atoms with Gasteiger partial charge in [0.2, 0.25) is 0 Å². The molecule has 7 heteroatoms. The highest BCUT2D eigenvalue weighted by Gasteiger charge is 2.50. The quantitative estimate of drug-likeness (QED) is 0.545. The molecule has 0 radical (unpaired) electrons. The average Bonchev–Trinajstić information content (AvgIpc) is 2.11. The Kier molecular flexibility index (Phi) is 6.19. The SMILES string of the molecule is C/C=C/C[Si](OC(C)=O)(OC(C)=O)OC(C)=O. The van der Waals surface area contributed by atoms with Gasteiger partial charge in [0.25, 0.3) is 17.9 Å². The van der Waals surface area contributed by atoms with Gasteiger partial charge in [0.1, 0.15) is 0 Å². The van der Waals surface area contributed by atoms with Crippen molar-refractivity contribution in [2.75, 3.05) is 0 Å². The monoisotopic (exact) mass is 260 g/mol. The van der Waals surface area contributed by atoms with Crippen LogP contribution in [0.1, 0.15) is 27.7 Å². The smallest absolute Gasteiger partial charge is 0.455 e. The third-order valence-electron chi connectivity index (χ3n) is 1.50. The van der Waals surface area contributed by atoms with Crippen molar-refractivity contribution >= 4 is 26.7 Å². The summed E-state index contributed by atoms with van der Waals surface area (Å²) in [5.41, 5.74) is 0. The minimum atomic E-state index is -3.64. The minimum absolute atomic E-state index is 0.0717. The van der Waals surface area contributed by atoms with Crippen LogP contribution in [0.4, 0.5) is 0 Å². The molecule has 0 aliphatic rings. The molecule has 0 N–H and O–H groups in total. The summed E-state index contributed by atoms with van der Waals surface area (Å²) in [6, 6.07) is 0.0717. The zero-order valence-electron chi connectivity index (χ0n) is 10.3. The lowest BCUT2D eigenvalue weighted by Gasteiger charge is -2.25. The lowest BCUT2D eigenvalue weighted by molar-refractivity contribution is -0.147. The van der Waals surface area contributed by atoms with Crippen LogP contribution in [-0.2, 0) is 27.7 Å². The van der Waals surface area contributed by atoms with Gasteiger partial charge < -0.3 is 13.3 Å².